The van der Waals surface area contributed by atoms with Gasteiger partial charge in [0.25, 0.3) is 0 Å². The summed E-state index contributed by atoms with van der Waals surface area (Å²) >= 11 is 5.84. The SMILES string of the molecule is Nc1ccc(Cl)c(OCCCOCC(F)(F)F)c1. The summed E-state index contributed by atoms with van der Waals surface area (Å²) in [6.45, 7) is -1.06. The Morgan fingerprint density at radius 1 is 1.22 bits per heavy atom. The average molecular weight is 284 g/mol. The van der Waals surface area contributed by atoms with Crippen molar-refractivity contribution >= 4 is 17.3 Å². The van der Waals surface area contributed by atoms with E-state index < -0.39 is 12.8 Å². The Bertz CT molecular complexity index is 385. The van der Waals surface area contributed by atoms with Crippen molar-refractivity contribution in [2.75, 3.05) is 25.6 Å². The monoisotopic (exact) mass is 283 g/mol. The van der Waals surface area contributed by atoms with Gasteiger partial charge in [0, 0.05) is 18.2 Å². The molecule has 0 bridgehead atoms. The summed E-state index contributed by atoms with van der Waals surface area (Å²) in [5.41, 5.74) is 6.04. The molecule has 102 valence electrons. The summed E-state index contributed by atoms with van der Waals surface area (Å²) < 4.78 is 44.9. The van der Waals surface area contributed by atoms with Crippen molar-refractivity contribution in [1.29, 1.82) is 0 Å². The smallest absolute Gasteiger partial charge is 0.411 e. The van der Waals surface area contributed by atoms with Gasteiger partial charge < -0.3 is 15.2 Å². The molecule has 0 spiro atoms. The minimum atomic E-state index is -4.29. The van der Waals surface area contributed by atoms with E-state index in [1.807, 2.05) is 0 Å². The standard InChI is InChI=1S/C11H13ClF3NO2/c12-9-3-2-8(16)6-10(9)18-5-1-4-17-7-11(13,14)15/h2-3,6H,1,4-5,7,16H2. The number of nitrogens with two attached hydrogens (primary N) is 1. The zero-order chi connectivity index (χ0) is 13.6. The van der Waals surface area contributed by atoms with E-state index in [1.54, 1.807) is 18.2 Å². The predicted molar refractivity (Wildman–Crippen MR) is 62.9 cm³/mol. The molecule has 0 saturated heterocycles. The van der Waals surface area contributed by atoms with E-state index in [9.17, 15) is 13.2 Å². The van der Waals surface area contributed by atoms with E-state index in [0.29, 0.717) is 22.9 Å². The lowest BCUT2D eigenvalue weighted by molar-refractivity contribution is -0.174. The van der Waals surface area contributed by atoms with E-state index >= 15 is 0 Å². The molecule has 0 fully saturated rings. The summed E-state index contributed by atoms with van der Waals surface area (Å²) in [7, 11) is 0. The van der Waals surface area contributed by atoms with E-state index in [0.717, 1.165) is 0 Å². The molecule has 1 rings (SSSR count). The van der Waals surface area contributed by atoms with Gasteiger partial charge in [-0.3, -0.25) is 0 Å². The quantitative estimate of drug-likeness (QED) is 0.644. The van der Waals surface area contributed by atoms with Crippen LogP contribution < -0.4 is 10.5 Å². The van der Waals surface area contributed by atoms with Gasteiger partial charge in [-0.15, -0.1) is 0 Å². The third-order valence-corrected chi connectivity index (χ3v) is 2.22. The lowest BCUT2D eigenvalue weighted by Crippen LogP contribution is -2.18. The average Bonchev–Trinajstić information content (AvgIpc) is 2.26. The third-order valence-electron chi connectivity index (χ3n) is 1.91. The summed E-state index contributed by atoms with van der Waals surface area (Å²) in [6.07, 6.45) is -3.96. The van der Waals surface area contributed by atoms with Gasteiger partial charge in [-0.25, -0.2) is 0 Å². The molecule has 0 aliphatic rings. The van der Waals surface area contributed by atoms with Gasteiger partial charge in [-0.05, 0) is 12.1 Å². The summed E-state index contributed by atoms with van der Waals surface area (Å²) in [4.78, 5) is 0. The minimum absolute atomic E-state index is 0.0283. The topological polar surface area (TPSA) is 44.5 Å². The highest BCUT2D eigenvalue weighted by Gasteiger charge is 2.27. The van der Waals surface area contributed by atoms with E-state index in [1.165, 1.54) is 0 Å². The van der Waals surface area contributed by atoms with Crippen LogP contribution in [0.2, 0.25) is 5.02 Å². The fourth-order valence-corrected chi connectivity index (χ4v) is 1.33. The highest BCUT2D eigenvalue weighted by molar-refractivity contribution is 6.32. The second-order valence-corrected chi connectivity index (χ2v) is 3.97. The molecule has 2 N–H and O–H groups in total. The number of anilines is 1. The lowest BCUT2D eigenvalue weighted by atomic mass is 10.3. The Kier molecular flexibility index (Phi) is 5.55. The molecule has 0 aliphatic carbocycles. The zero-order valence-electron chi connectivity index (χ0n) is 9.47. The van der Waals surface area contributed by atoms with Gasteiger partial charge in [-0.2, -0.15) is 13.2 Å². The molecule has 1 aromatic carbocycles. The summed E-state index contributed by atoms with van der Waals surface area (Å²) in [5.74, 6) is 0.410. The zero-order valence-corrected chi connectivity index (χ0v) is 10.2. The molecule has 0 aliphatic heterocycles. The van der Waals surface area contributed by atoms with Crippen molar-refractivity contribution in [2.45, 2.75) is 12.6 Å². The first-order chi connectivity index (χ1) is 8.38. The minimum Gasteiger partial charge on any atom is -0.492 e. The molecule has 7 heteroatoms. The second kappa shape index (κ2) is 6.70. The molecule has 0 unspecified atom stereocenters. The van der Waals surface area contributed by atoms with E-state index in [-0.39, 0.29) is 13.2 Å². The molecule has 0 aromatic heterocycles. The van der Waals surface area contributed by atoms with Crippen LogP contribution in [0.4, 0.5) is 18.9 Å². The van der Waals surface area contributed by atoms with Crippen molar-refractivity contribution in [2.24, 2.45) is 0 Å². The van der Waals surface area contributed by atoms with Crippen LogP contribution in [0.1, 0.15) is 6.42 Å². The Hall–Kier alpha value is -1.14. The largest absolute Gasteiger partial charge is 0.492 e. The molecule has 0 heterocycles. The van der Waals surface area contributed by atoms with Crippen molar-refractivity contribution in [1.82, 2.24) is 0 Å². The van der Waals surface area contributed by atoms with Crippen molar-refractivity contribution in [3.63, 3.8) is 0 Å². The first-order valence-corrected chi connectivity index (χ1v) is 5.58. The van der Waals surface area contributed by atoms with Gasteiger partial charge in [0.15, 0.2) is 0 Å². The van der Waals surface area contributed by atoms with Crippen LogP contribution in [0, 0.1) is 0 Å². The van der Waals surface area contributed by atoms with Crippen LogP contribution in [0.5, 0.6) is 5.75 Å². The molecule has 1 aromatic rings. The lowest BCUT2D eigenvalue weighted by Gasteiger charge is -2.10. The normalized spacial score (nSPS) is 11.6. The first kappa shape index (κ1) is 14.9. The molecule has 18 heavy (non-hydrogen) atoms. The highest BCUT2D eigenvalue weighted by atomic mass is 35.5. The summed E-state index contributed by atoms with van der Waals surface area (Å²) in [5, 5.41) is 0.403. The molecule has 0 amide bonds. The van der Waals surface area contributed by atoms with Gasteiger partial charge in [-0.1, -0.05) is 11.6 Å². The highest BCUT2D eigenvalue weighted by Crippen LogP contribution is 2.26. The number of hydrogen-bond acceptors (Lipinski definition) is 3. The first-order valence-electron chi connectivity index (χ1n) is 5.21. The molecular weight excluding hydrogens is 271 g/mol. The van der Waals surface area contributed by atoms with Gasteiger partial charge in [0.05, 0.1) is 18.2 Å². The molecule has 0 saturated carbocycles. The second-order valence-electron chi connectivity index (χ2n) is 3.56. The number of alkyl halides is 3. The van der Waals surface area contributed by atoms with Crippen molar-refractivity contribution in [3.8, 4) is 5.75 Å². The summed E-state index contributed by atoms with van der Waals surface area (Å²) in [6, 6.07) is 4.77. The van der Waals surface area contributed by atoms with Crippen molar-refractivity contribution < 1.29 is 22.6 Å². The molecular formula is C11H13ClF3NO2. The number of benzene rings is 1. The van der Waals surface area contributed by atoms with Crippen LogP contribution in [-0.4, -0.2) is 26.0 Å². The number of ether oxygens (including phenoxy) is 2. The van der Waals surface area contributed by atoms with Gasteiger partial charge in [0.2, 0.25) is 0 Å². The maximum atomic E-state index is 11.7. The van der Waals surface area contributed by atoms with Gasteiger partial charge >= 0.3 is 6.18 Å². The number of halogens is 4. The maximum Gasteiger partial charge on any atom is 0.411 e. The Balaban J connectivity index is 2.20. The molecule has 0 radical (unpaired) electrons. The Morgan fingerprint density at radius 3 is 2.61 bits per heavy atom. The van der Waals surface area contributed by atoms with Crippen LogP contribution in [0.25, 0.3) is 0 Å². The molecule has 0 atom stereocenters. The Morgan fingerprint density at radius 2 is 1.94 bits per heavy atom. The fourth-order valence-electron chi connectivity index (χ4n) is 1.16. The van der Waals surface area contributed by atoms with E-state index in [2.05, 4.69) is 4.74 Å². The number of rotatable bonds is 6. The van der Waals surface area contributed by atoms with Gasteiger partial charge in [0.1, 0.15) is 12.4 Å². The number of nitrogen functional groups attached to an aromatic ring is 1. The number of hydrogen-bond donors (Lipinski definition) is 1. The van der Waals surface area contributed by atoms with E-state index in [4.69, 9.17) is 22.1 Å². The van der Waals surface area contributed by atoms with Crippen LogP contribution >= 0.6 is 11.6 Å². The fraction of sp³-hybridized carbons (Fsp3) is 0.455. The van der Waals surface area contributed by atoms with Crippen LogP contribution in [-0.2, 0) is 4.74 Å². The third kappa shape index (κ3) is 5.97. The maximum absolute atomic E-state index is 11.7. The van der Waals surface area contributed by atoms with Crippen LogP contribution in [0.3, 0.4) is 0 Å². The molecule has 3 nitrogen and oxygen atoms in total. The van der Waals surface area contributed by atoms with Crippen LogP contribution in [0.15, 0.2) is 18.2 Å². The predicted octanol–water partition coefficient (Wildman–Crippen LogP) is 3.27. The Labute approximate surface area is 108 Å². The van der Waals surface area contributed by atoms with Crippen molar-refractivity contribution in [3.05, 3.63) is 23.2 Å².